The van der Waals surface area contributed by atoms with E-state index in [1.165, 1.54) is 5.56 Å². The zero-order chi connectivity index (χ0) is 15.8. The number of hydrogen-bond donors (Lipinski definition) is 2. The molecule has 0 spiro atoms. The van der Waals surface area contributed by atoms with Gasteiger partial charge in [-0.2, -0.15) is 0 Å². The van der Waals surface area contributed by atoms with Gasteiger partial charge in [0, 0.05) is 6.54 Å². The number of halogens is 1. The predicted octanol–water partition coefficient (Wildman–Crippen LogP) is 2.65. The molecule has 0 aliphatic carbocycles. The molecule has 0 radical (unpaired) electrons. The Hall–Kier alpha value is -1.54. The number of nitrogens with zero attached hydrogens (tertiary/aromatic N) is 2. The molecule has 0 aliphatic rings. The van der Waals surface area contributed by atoms with E-state index in [0.29, 0.717) is 12.5 Å². The molecular formula is C17H25IN4O. The smallest absolute Gasteiger partial charge is 0.188 e. The fraction of sp³-hybridized carbons (Fsp3) is 0.353. The molecule has 6 heteroatoms. The van der Waals surface area contributed by atoms with Crippen LogP contribution in [0.25, 0.3) is 0 Å². The first-order valence-electron chi connectivity index (χ1n) is 7.44. The lowest BCUT2D eigenvalue weighted by Crippen LogP contribution is -2.34. The molecule has 0 fully saturated rings. The molecule has 0 saturated heterocycles. The summed E-state index contributed by atoms with van der Waals surface area (Å²) in [6, 6.07) is 14.2. The number of rotatable bonds is 7. The molecule has 1 aromatic carbocycles. The normalized spacial score (nSPS) is 12.7. The quantitative estimate of drug-likeness (QED) is 0.404. The predicted molar refractivity (Wildman–Crippen MR) is 105 cm³/mol. The minimum atomic E-state index is 0. The highest BCUT2D eigenvalue weighted by molar-refractivity contribution is 14.0. The van der Waals surface area contributed by atoms with Crippen LogP contribution in [0.2, 0.25) is 0 Å². The van der Waals surface area contributed by atoms with Gasteiger partial charge in [-0.1, -0.05) is 30.3 Å². The monoisotopic (exact) mass is 428 g/mol. The molecule has 0 amide bonds. The number of guanidine groups is 1. The second kappa shape index (κ2) is 10.3. The third-order valence-electron chi connectivity index (χ3n) is 3.49. The molecule has 3 N–H and O–H groups in total. The van der Waals surface area contributed by atoms with Crippen molar-refractivity contribution in [2.45, 2.75) is 12.5 Å². The van der Waals surface area contributed by atoms with Crippen molar-refractivity contribution in [3.8, 4) is 0 Å². The molecule has 5 nitrogen and oxygen atoms in total. The molecule has 0 aliphatic heterocycles. The van der Waals surface area contributed by atoms with Crippen LogP contribution in [-0.2, 0) is 6.42 Å². The summed E-state index contributed by atoms with van der Waals surface area (Å²) in [5, 5.41) is 3.15. The van der Waals surface area contributed by atoms with E-state index in [0.717, 1.165) is 18.7 Å². The second-order valence-electron chi connectivity index (χ2n) is 5.38. The Labute approximate surface area is 155 Å². The average molecular weight is 428 g/mol. The third-order valence-corrected chi connectivity index (χ3v) is 3.49. The summed E-state index contributed by atoms with van der Waals surface area (Å²) in [5.74, 6) is 1.36. The summed E-state index contributed by atoms with van der Waals surface area (Å²) < 4.78 is 5.46. The van der Waals surface area contributed by atoms with E-state index in [9.17, 15) is 0 Å². The highest BCUT2D eigenvalue weighted by Crippen LogP contribution is 2.18. The lowest BCUT2D eigenvalue weighted by atomic mass is 10.1. The fourth-order valence-corrected chi connectivity index (χ4v) is 2.21. The molecule has 1 atom stereocenters. The maximum absolute atomic E-state index is 5.93. The van der Waals surface area contributed by atoms with Gasteiger partial charge in [0.25, 0.3) is 0 Å². The molecule has 2 aromatic rings. The summed E-state index contributed by atoms with van der Waals surface area (Å²) in [5.41, 5.74) is 7.21. The summed E-state index contributed by atoms with van der Waals surface area (Å²) in [6.45, 7) is 1.33. The Morgan fingerprint density at radius 2 is 1.96 bits per heavy atom. The summed E-state index contributed by atoms with van der Waals surface area (Å²) in [4.78, 5) is 6.48. The zero-order valence-corrected chi connectivity index (χ0v) is 15.9. The number of aliphatic imine (C=N–C) groups is 1. The van der Waals surface area contributed by atoms with Crippen LogP contribution >= 0.6 is 24.0 Å². The number of nitrogens with one attached hydrogen (secondary N) is 1. The largest absolute Gasteiger partial charge is 0.468 e. The van der Waals surface area contributed by atoms with E-state index in [4.69, 9.17) is 10.2 Å². The molecule has 0 bridgehead atoms. The van der Waals surface area contributed by atoms with Crippen molar-refractivity contribution in [2.75, 3.05) is 27.2 Å². The van der Waals surface area contributed by atoms with Crippen molar-refractivity contribution in [1.82, 2.24) is 10.2 Å². The van der Waals surface area contributed by atoms with Gasteiger partial charge in [0.2, 0.25) is 0 Å². The molecular weight excluding hydrogens is 403 g/mol. The SMILES string of the molecule is CN(C)C(CN=C(N)NCCc1ccccc1)c1ccco1.I. The van der Waals surface area contributed by atoms with Gasteiger partial charge in [-0.05, 0) is 38.2 Å². The van der Waals surface area contributed by atoms with Crippen molar-refractivity contribution in [3.63, 3.8) is 0 Å². The van der Waals surface area contributed by atoms with Crippen LogP contribution in [0.15, 0.2) is 58.1 Å². The molecule has 1 heterocycles. The molecule has 23 heavy (non-hydrogen) atoms. The molecule has 1 unspecified atom stereocenters. The number of benzene rings is 1. The van der Waals surface area contributed by atoms with Gasteiger partial charge >= 0.3 is 0 Å². The highest BCUT2D eigenvalue weighted by Gasteiger charge is 2.16. The topological polar surface area (TPSA) is 66.8 Å². The van der Waals surface area contributed by atoms with Crippen molar-refractivity contribution in [2.24, 2.45) is 10.7 Å². The van der Waals surface area contributed by atoms with Gasteiger partial charge in [-0.3, -0.25) is 9.89 Å². The van der Waals surface area contributed by atoms with Gasteiger partial charge in [0.15, 0.2) is 5.96 Å². The first-order valence-corrected chi connectivity index (χ1v) is 7.44. The molecule has 2 rings (SSSR count). The van der Waals surface area contributed by atoms with E-state index in [2.05, 4.69) is 27.3 Å². The first-order chi connectivity index (χ1) is 10.7. The van der Waals surface area contributed by atoms with E-state index < -0.39 is 0 Å². The van der Waals surface area contributed by atoms with Gasteiger partial charge in [-0.25, -0.2) is 0 Å². The van der Waals surface area contributed by atoms with E-state index >= 15 is 0 Å². The van der Waals surface area contributed by atoms with E-state index in [1.807, 2.05) is 44.4 Å². The lowest BCUT2D eigenvalue weighted by Gasteiger charge is -2.20. The Morgan fingerprint density at radius 1 is 1.22 bits per heavy atom. The maximum Gasteiger partial charge on any atom is 0.188 e. The summed E-state index contributed by atoms with van der Waals surface area (Å²) >= 11 is 0. The third kappa shape index (κ3) is 6.62. The Morgan fingerprint density at radius 3 is 2.57 bits per heavy atom. The van der Waals surface area contributed by atoms with Crippen LogP contribution < -0.4 is 11.1 Å². The number of likely N-dealkylation sites (N-methyl/N-ethyl adjacent to an activating group) is 1. The van der Waals surface area contributed by atoms with Crippen LogP contribution in [-0.4, -0.2) is 38.0 Å². The van der Waals surface area contributed by atoms with Crippen LogP contribution in [0.3, 0.4) is 0 Å². The number of hydrogen-bond acceptors (Lipinski definition) is 3. The lowest BCUT2D eigenvalue weighted by molar-refractivity contribution is 0.265. The fourth-order valence-electron chi connectivity index (χ4n) is 2.21. The van der Waals surface area contributed by atoms with Crippen molar-refractivity contribution < 1.29 is 4.42 Å². The standard InChI is InChI=1S/C17H24N4O.HI/c1-21(2)15(16-9-6-12-22-16)13-20-17(18)19-11-10-14-7-4-3-5-8-14;/h3-9,12,15H,10-11,13H2,1-2H3,(H3,18,19,20);1H. The van der Waals surface area contributed by atoms with E-state index in [-0.39, 0.29) is 30.0 Å². The second-order valence-corrected chi connectivity index (χ2v) is 5.38. The van der Waals surface area contributed by atoms with Crippen molar-refractivity contribution >= 4 is 29.9 Å². The molecule has 0 saturated carbocycles. The van der Waals surface area contributed by atoms with Gasteiger partial charge in [0.05, 0.1) is 18.8 Å². The van der Waals surface area contributed by atoms with Gasteiger partial charge in [-0.15, -0.1) is 24.0 Å². The Kier molecular flexibility index (Phi) is 8.71. The van der Waals surface area contributed by atoms with E-state index in [1.54, 1.807) is 6.26 Å². The van der Waals surface area contributed by atoms with Gasteiger partial charge in [0.1, 0.15) is 5.76 Å². The van der Waals surface area contributed by atoms with Crippen LogP contribution in [0.1, 0.15) is 17.4 Å². The number of nitrogens with two attached hydrogens (primary N) is 1. The Balaban J connectivity index is 0.00000264. The summed E-state index contributed by atoms with van der Waals surface area (Å²) in [6.07, 6.45) is 2.60. The Bertz CT molecular complexity index is 570. The van der Waals surface area contributed by atoms with Crippen LogP contribution in [0.5, 0.6) is 0 Å². The minimum absolute atomic E-state index is 0. The molecule has 1 aromatic heterocycles. The van der Waals surface area contributed by atoms with Crippen LogP contribution in [0, 0.1) is 0 Å². The van der Waals surface area contributed by atoms with Gasteiger partial charge < -0.3 is 15.5 Å². The van der Waals surface area contributed by atoms with Crippen LogP contribution in [0.4, 0.5) is 0 Å². The first kappa shape index (κ1) is 19.5. The van der Waals surface area contributed by atoms with Crippen molar-refractivity contribution in [3.05, 3.63) is 60.1 Å². The minimum Gasteiger partial charge on any atom is -0.468 e. The zero-order valence-electron chi connectivity index (χ0n) is 13.6. The highest BCUT2D eigenvalue weighted by atomic mass is 127. The average Bonchev–Trinajstić information content (AvgIpc) is 3.02. The number of furan rings is 1. The van der Waals surface area contributed by atoms with Crippen molar-refractivity contribution in [1.29, 1.82) is 0 Å². The molecule has 126 valence electrons. The maximum atomic E-state index is 5.93. The summed E-state index contributed by atoms with van der Waals surface area (Å²) in [7, 11) is 4.00.